The summed E-state index contributed by atoms with van der Waals surface area (Å²) in [4.78, 5) is 11.2. The molecule has 0 radical (unpaired) electrons. The van der Waals surface area contributed by atoms with Gasteiger partial charge in [-0.2, -0.15) is 5.10 Å². The fourth-order valence-electron chi connectivity index (χ4n) is 4.85. The summed E-state index contributed by atoms with van der Waals surface area (Å²) in [6.45, 7) is 4.59. The number of carboxylic acids is 1. The summed E-state index contributed by atoms with van der Waals surface area (Å²) in [5, 5.41) is 34.2. The lowest BCUT2D eigenvalue weighted by molar-refractivity contribution is 0.00713. The maximum Gasteiger partial charge on any atom is 0.359 e. The summed E-state index contributed by atoms with van der Waals surface area (Å²) < 4.78 is 7.71. The summed E-state index contributed by atoms with van der Waals surface area (Å²) in [6, 6.07) is 10.6. The molecule has 182 valence electrons. The second kappa shape index (κ2) is 10.4. The number of carbonyl (C=O) groups is 1. The molecular formula is C25H33N5O4. The highest BCUT2D eigenvalue weighted by Gasteiger charge is 2.27. The summed E-state index contributed by atoms with van der Waals surface area (Å²) in [5.41, 5.74) is 2.53. The Morgan fingerprint density at radius 2 is 1.91 bits per heavy atom. The van der Waals surface area contributed by atoms with E-state index in [1.807, 2.05) is 17.7 Å². The van der Waals surface area contributed by atoms with Crippen molar-refractivity contribution in [1.29, 1.82) is 0 Å². The molecule has 1 unspecified atom stereocenters. The molecule has 1 atom stereocenters. The minimum Gasteiger partial charge on any atom is -0.476 e. The van der Waals surface area contributed by atoms with Gasteiger partial charge in [-0.25, -0.2) is 9.89 Å². The molecular weight excluding hydrogens is 434 g/mol. The smallest absolute Gasteiger partial charge is 0.359 e. The number of ether oxygens (including phenoxy) is 1. The van der Waals surface area contributed by atoms with Gasteiger partial charge in [0.2, 0.25) is 5.69 Å². The number of H-pyrrole nitrogens is 1. The zero-order chi connectivity index (χ0) is 24.1. The van der Waals surface area contributed by atoms with Crippen molar-refractivity contribution >= 4 is 5.97 Å². The number of aromatic nitrogens is 5. The molecule has 34 heavy (non-hydrogen) atoms. The fraction of sp³-hybridized carbons (Fsp3) is 0.520. The van der Waals surface area contributed by atoms with Crippen molar-refractivity contribution < 1.29 is 19.7 Å². The van der Waals surface area contributed by atoms with Gasteiger partial charge in [-0.15, -0.1) is 0 Å². The molecule has 2 aromatic heterocycles. The first-order valence-corrected chi connectivity index (χ1v) is 12.1. The van der Waals surface area contributed by atoms with Crippen LogP contribution in [0.4, 0.5) is 0 Å². The van der Waals surface area contributed by atoms with E-state index in [2.05, 4.69) is 51.7 Å². The largest absolute Gasteiger partial charge is 0.476 e. The van der Waals surface area contributed by atoms with Crippen molar-refractivity contribution in [2.45, 2.75) is 83.0 Å². The summed E-state index contributed by atoms with van der Waals surface area (Å²) in [5.74, 6) is -0.629. The number of nitrogens with zero attached hydrogens (tertiary/aromatic N) is 4. The lowest BCUT2D eigenvalue weighted by Crippen LogP contribution is -2.34. The van der Waals surface area contributed by atoms with Crippen LogP contribution in [0.25, 0.3) is 11.3 Å². The quantitative estimate of drug-likeness (QED) is 0.403. The molecule has 3 aromatic rings. The SMILES string of the molecule is CCCC(O)(CC)Cn1nccc1-c1ccc(C2CCC(Oc3nn[nH]c3C(=O)O)CC2)cc1. The third-order valence-corrected chi connectivity index (χ3v) is 6.89. The van der Waals surface area contributed by atoms with Crippen LogP contribution in [-0.4, -0.2) is 53.1 Å². The van der Waals surface area contributed by atoms with Gasteiger partial charge in [0.05, 0.1) is 17.8 Å². The van der Waals surface area contributed by atoms with E-state index in [1.54, 1.807) is 6.20 Å². The van der Waals surface area contributed by atoms with E-state index in [4.69, 9.17) is 9.84 Å². The van der Waals surface area contributed by atoms with Crippen LogP contribution in [0.3, 0.4) is 0 Å². The number of carboxylic acid groups (broad SMARTS) is 1. The number of aromatic carboxylic acids is 1. The molecule has 0 bridgehead atoms. The van der Waals surface area contributed by atoms with Crippen LogP contribution in [-0.2, 0) is 6.54 Å². The van der Waals surface area contributed by atoms with Gasteiger partial charge >= 0.3 is 5.97 Å². The number of rotatable bonds is 10. The Kier molecular flexibility index (Phi) is 7.31. The highest BCUT2D eigenvalue weighted by atomic mass is 16.5. The van der Waals surface area contributed by atoms with Gasteiger partial charge in [0.25, 0.3) is 5.88 Å². The lowest BCUT2D eigenvalue weighted by atomic mass is 9.82. The van der Waals surface area contributed by atoms with E-state index in [1.165, 1.54) is 5.56 Å². The molecule has 0 aliphatic heterocycles. The fourth-order valence-corrected chi connectivity index (χ4v) is 4.85. The summed E-state index contributed by atoms with van der Waals surface area (Å²) >= 11 is 0. The maximum absolute atomic E-state index is 11.2. The van der Waals surface area contributed by atoms with E-state index < -0.39 is 11.6 Å². The van der Waals surface area contributed by atoms with E-state index >= 15 is 0 Å². The van der Waals surface area contributed by atoms with Crippen molar-refractivity contribution in [2.75, 3.05) is 0 Å². The molecule has 1 saturated carbocycles. The molecule has 1 aromatic carbocycles. The Bertz CT molecular complexity index is 1080. The topological polar surface area (TPSA) is 126 Å². The summed E-state index contributed by atoms with van der Waals surface area (Å²) in [6.07, 6.45) is 7.69. The van der Waals surface area contributed by atoms with Crippen LogP contribution < -0.4 is 4.74 Å². The van der Waals surface area contributed by atoms with Crippen molar-refractivity contribution in [3.05, 3.63) is 47.8 Å². The first-order valence-electron chi connectivity index (χ1n) is 12.1. The summed E-state index contributed by atoms with van der Waals surface area (Å²) in [7, 11) is 0. The van der Waals surface area contributed by atoms with Gasteiger partial charge in [0, 0.05) is 6.20 Å². The average molecular weight is 468 g/mol. The number of aliphatic hydroxyl groups is 1. The predicted octanol–water partition coefficient (Wildman–Crippen LogP) is 4.41. The van der Waals surface area contributed by atoms with Gasteiger partial charge in [0.15, 0.2) is 0 Å². The lowest BCUT2D eigenvalue weighted by Gasteiger charge is -2.29. The third kappa shape index (κ3) is 5.30. The third-order valence-electron chi connectivity index (χ3n) is 6.89. The molecule has 2 heterocycles. The Morgan fingerprint density at radius 1 is 1.18 bits per heavy atom. The highest BCUT2D eigenvalue weighted by Crippen LogP contribution is 2.35. The number of hydrogen-bond acceptors (Lipinski definition) is 6. The standard InChI is InChI=1S/C25H33N5O4/c1-3-14-25(33,4-2)16-30-21(13-15-26-30)19-7-5-17(6-8-19)18-9-11-20(12-10-18)34-23-22(24(31)32)27-29-28-23/h5-8,13,15,18,20,33H,3-4,9-12,14,16H2,1-2H3,(H,31,32)(H,27,28,29). The van der Waals surface area contributed by atoms with Gasteiger partial charge in [-0.1, -0.05) is 54.8 Å². The van der Waals surface area contributed by atoms with Gasteiger partial charge in [-0.05, 0) is 61.6 Å². The Balaban J connectivity index is 1.38. The number of hydrogen-bond donors (Lipinski definition) is 3. The van der Waals surface area contributed by atoms with E-state index in [0.29, 0.717) is 18.9 Å². The maximum atomic E-state index is 11.2. The van der Waals surface area contributed by atoms with Crippen LogP contribution in [0.15, 0.2) is 36.5 Å². The molecule has 3 N–H and O–H groups in total. The monoisotopic (exact) mass is 467 g/mol. The van der Waals surface area contributed by atoms with E-state index in [-0.39, 0.29) is 17.7 Å². The van der Waals surface area contributed by atoms with Crippen molar-refractivity contribution in [3.63, 3.8) is 0 Å². The van der Waals surface area contributed by atoms with Crippen molar-refractivity contribution in [3.8, 4) is 17.1 Å². The molecule has 1 fully saturated rings. The zero-order valence-corrected chi connectivity index (χ0v) is 19.8. The molecule has 0 saturated heterocycles. The van der Waals surface area contributed by atoms with Gasteiger partial charge in [0.1, 0.15) is 6.10 Å². The average Bonchev–Trinajstić information content (AvgIpc) is 3.49. The second-order valence-corrected chi connectivity index (χ2v) is 9.21. The zero-order valence-electron chi connectivity index (χ0n) is 19.8. The number of aromatic amines is 1. The van der Waals surface area contributed by atoms with Gasteiger partial charge < -0.3 is 14.9 Å². The van der Waals surface area contributed by atoms with Crippen LogP contribution in [0.1, 0.15) is 80.8 Å². The minimum atomic E-state index is -1.13. The highest BCUT2D eigenvalue weighted by molar-refractivity contribution is 5.87. The van der Waals surface area contributed by atoms with Crippen LogP contribution >= 0.6 is 0 Å². The molecule has 1 aliphatic rings. The predicted molar refractivity (Wildman–Crippen MR) is 127 cm³/mol. The Hall–Kier alpha value is -3.20. The molecule has 0 amide bonds. The molecule has 4 rings (SSSR count). The first-order chi connectivity index (χ1) is 16.4. The normalized spacial score (nSPS) is 20.1. The number of nitrogens with one attached hydrogen (secondary N) is 1. The number of benzene rings is 1. The molecule has 9 nitrogen and oxygen atoms in total. The first kappa shape index (κ1) is 23.9. The van der Waals surface area contributed by atoms with Crippen LogP contribution in [0, 0.1) is 0 Å². The van der Waals surface area contributed by atoms with Gasteiger partial charge in [-0.3, -0.25) is 4.68 Å². The Labute approximate surface area is 199 Å². The van der Waals surface area contributed by atoms with Crippen LogP contribution in [0.5, 0.6) is 5.88 Å². The van der Waals surface area contributed by atoms with E-state index in [0.717, 1.165) is 49.8 Å². The molecule has 9 heteroatoms. The Morgan fingerprint density at radius 3 is 2.56 bits per heavy atom. The van der Waals surface area contributed by atoms with Crippen molar-refractivity contribution in [1.82, 2.24) is 25.2 Å². The minimum absolute atomic E-state index is 0.0609. The van der Waals surface area contributed by atoms with Crippen molar-refractivity contribution in [2.24, 2.45) is 0 Å². The van der Waals surface area contributed by atoms with E-state index in [9.17, 15) is 9.90 Å². The molecule has 0 spiro atoms. The van der Waals surface area contributed by atoms with Crippen LogP contribution in [0.2, 0.25) is 0 Å². The molecule has 1 aliphatic carbocycles. The second-order valence-electron chi connectivity index (χ2n) is 9.21.